The maximum absolute atomic E-state index is 12.3. The van der Waals surface area contributed by atoms with Gasteiger partial charge in [0.25, 0.3) is 10.1 Å². The number of hydrogen-bond acceptors (Lipinski definition) is 7. The van der Waals surface area contributed by atoms with E-state index in [0.717, 1.165) is 63.7 Å². The fourth-order valence-electron chi connectivity index (χ4n) is 6.82. The largest absolute Gasteiger partial charge is 0.492 e. The summed E-state index contributed by atoms with van der Waals surface area (Å²) in [5, 5.41) is 21.6. The van der Waals surface area contributed by atoms with Gasteiger partial charge in [-0.2, -0.15) is 13.0 Å². The molecule has 0 saturated carbocycles. The number of benzene rings is 3. The highest BCUT2D eigenvalue weighted by Gasteiger charge is 2.40. The van der Waals surface area contributed by atoms with E-state index in [1.54, 1.807) is 12.1 Å². The van der Waals surface area contributed by atoms with Crippen LogP contribution in [0, 0.1) is 0 Å². The third-order valence-electron chi connectivity index (χ3n) is 9.22. The number of unbranched alkanes of at least 4 members (excludes halogenated alkanes) is 2. The van der Waals surface area contributed by atoms with Gasteiger partial charge in [-0.3, -0.25) is 4.55 Å². The number of carbonyl (C=O) groups is 1. The predicted molar refractivity (Wildman–Crippen MR) is 189 cm³/mol. The lowest BCUT2D eigenvalue weighted by molar-refractivity contribution is -0.645. The number of rotatable bonds is 11. The van der Waals surface area contributed by atoms with E-state index in [1.807, 2.05) is 24.3 Å². The SMILES string of the molecule is CCN1C(=CC=Cc2c3ccccc3[n+](CCCCCC(=O)On3c(O)ccc3O)c3ccccc23)C(C)(C)c2cc(S(=O)(=O)O)ccc21. The van der Waals surface area contributed by atoms with E-state index >= 15 is 0 Å². The summed E-state index contributed by atoms with van der Waals surface area (Å²) in [7, 11) is -4.33. The molecule has 0 amide bonds. The molecule has 0 saturated heterocycles. The van der Waals surface area contributed by atoms with Crippen LogP contribution in [0.25, 0.3) is 27.9 Å². The molecule has 0 aliphatic carbocycles. The summed E-state index contributed by atoms with van der Waals surface area (Å²) in [5.74, 6) is -1.22. The van der Waals surface area contributed by atoms with Crippen molar-refractivity contribution in [2.45, 2.75) is 63.3 Å². The van der Waals surface area contributed by atoms with Crippen LogP contribution >= 0.6 is 0 Å². The van der Waals surface area contributed by atoms with Crippen molar-refractivity contribution in [1.82, 2.24) is 4.73 Å². The minimum Gasteiger partial charge on any atom is -0.492 e. The van der Waals surface area contributed by atoms with Crippen LogP contribution in [-0.4, -0.2) is 40.4 Å². The Labute approximate surface area is 285 Å². The predicted octanol–water partition coefficient (Wildman–Crippen LogP) is 6.67. The summed E-state index contributed by atoms with van der Waals surface area (Å²) >= 11 is 0. The number of para-hydroxylation sites is 2. The van der Waals surface area contributed by atoms with Crippen LogP contribution in [0.4, 0.5) is 5.69 Å². The second-order valence-corrected chi connectivity index (χ2v) is 14.1. The summed E-state index contributed by atoms with van der Waals surface area (Å²) in [6, 6.07) is 23.9. The molecule has 0 radical (unpaired) electrons. The van der Waals surface area contributed by atoms with Crippen molar-refractivity contribution in [2.75, 3.05) is 11.4 Å². The molecule has 0 unspecified atom stereocenters. The van der Waals surface area contributed by atoms with E-state index in [9.17, 15) is 28.0 Å². The highest BCUT2D eigenvalue weighted by atomic mass is 32.2. The lowest BCUT2D eigenvalue weighted by atomic mass is 9.83. The van der Waals surface area contributed by atoms with Gasteiger partial charge in [-0.05, 0) is 61.7 Å². The summed E-state index contributed by atoms with van der Waals surface area (Å²) in [6.07, 6.45) is 8.63. The standard InChI is InChI=1S/C38H39N3O7S/c1-4-39-33-21-20-26(49(45,46)47)25-30(33)38(2,3)34(39)18-12-15-27-28-13-7-9-16-31(28)40(32-17-10-8-14-29(27)32)24-11-5-6-19-37(44)48-41-35(42)22-23-36(41)43/h7-10,12-18,20-23,25H,4-6,11,19,24H2,1-3H3,(H2-,42,43,45,46,47)/p+1. The smallest absolute Gasteiger partial charge is 0.333 e. The molecule has 0 atom stereocenters. The van der Waals surface area contributed by atoms with Crippen molar-refractivity contribution in [3.05, 3.63) is 108 Å². The first-order valence-electron chi connectivity index (χ1n) is 16.3. The molecule has 3 heterocycles. The Hall–Kier alpha value is -5.13. The number of anilines is 1. The highest BCUT2D eigenvalue weighted by molar-refractivity contribution is 7.85. The van der Waals surface area contributed by atoms with E-state index in [0.29, 0.717) is 17.7 Å². The fraction of sp³-hybridized carbons (Fsp3) is 0.263. The summed E-state index contributed by atoms with van der Waals surface area (Å²) in [5.41, 5.74) is 5.57. The molecule has 49 heavy (non-hydrogen) atoms. The van der Waals surface area contributed by atoms with Gasteiger partial charge in [0.05, 0.1) is 15.7 Å². The van der Waals surface area contributed by atoms with Gasteiger partial charge in [-0.25, -0.2) is 4.79 Å². The van der Waals surface area contributed by atoms with Crippen molar-refractivity contribution in [3.8, 4) is 11.8 Å². The van der Waals surface area contributed by atoms with Crippen molar-refractivity contribution >= 4 is 49.7 Å². The summed E-state index contributed by atoms with van der Waals surface area (Å²) in [6.45, 7) is 7.62. The third-order valence-corrected chi connectivity index (χ3v) is 10.1. The average molecular weight is 683 g/mol. The monoisotopic (exact) mass is 682 g/mol. The number of hydrogen-bond donors (Lipinski definition) is 3. The van der Waals surface area contributed by atoms with Gasteiger partial charge in [0.15, 0.2) is 0 Å². The van der Waals surface area contributed by atoms with Gasteiger partial charge < -0.3 is 20.0 Å². The van der Waals surface area contributed by atoms with Crippen LogP contribution in [0.3, 0.4) is 0 Å². The summed E-state index contributed by atoms with van der Waals surface area (Å²) in [4.78, 5) is 19.4. The van der Waals surface area contributed by atoms with Crippen LogP contribution in [0.15, 0.2) is 102 Å². The zero-order valence-electron chi connectivity index (χ0n) is 27.7. The molecule has 3 aromatic carbocycles. The van der Waals surface area contributed by atoms with Gasteiger partial charge in [-0.1, -0.05) is 50.3 Å². The Morgan fingerprint density at radius 2 is 1.53 bits per heavy atom. The molecule has 2 aromatic heterocycles. The quantitative estimate of drug-likeness (QED) is 0.0609. The molecule has 254 valence electrons. The first-order valence-corrected chi connectivity index (χ1v) is 17.8. The van der Waals surface area contributed by atoms with Crippen molar-refractivity contribution < 1.29 is 37.4 Å². The number of likely N-dealkylation sites (N-methyl/N-ethyl adjacent to an activating group) is 1. The Morgan fingerprint density at radius 3 is 2.14 bits per heavy atom. The number of nitrogens with zero attached hydrogens (tertiary/aromatic N) is 3. The van der Waals surface area contributed by atoms with E-state index in [2.05, 4.69) is 72.7 Å². The second-order valence-electron chi connectivity index (χ2n) is 12.7. The van der Waals surface area contributed by atoms with Crippen molar-refractivity contribution in [2.24, 2.45) is 0 Å². The number of aryl methyl sites for hydroxylation is 1. The molecule has 11 heteroatoms. The van der Waals surface area contributed by atoms with Crippen LogP contribution in [0.1, 0.15) is 57.6 Å². The zero-order valence-corrected chi connectivity index (χ0v) is 28.5. The third kappa shape index (κ3) is 6.51. The molecule has 3 N–H and O–H groups in total. The number of fused-ring (bicyclic) bond motifs is 3. The number of aromatic nitrogens is 2. The van der Waals surface area contributed by atoms with Crippen LogP contribution in [-0.2, 0) is 26.9 Å². The number of carbonyl (C=O) groups excluding carboxylic acids is 1. The van der Waals surface area contributed by atoms with Gasteiger partial charge in [-0.15, -0.1) is 4.73 Å². The van der Waals surface area contributed by atoms with Gasteiger partial charge in [0, 0.05) is 66.0 Å². The number of pyridine rings is 1. The maximum atomic E-state index is 12.3. The first-order chi connectivity index (χ1) is 23.4. The lowest BCUT2D eigenvalue weighted by Crippen LogP contribution is -2.36. The van der Waals surface area contributed by atoms with E-state index < -0.39 is 21.5 Å². The molecule has 1 aliphatic heterocycles. The zero-order chi connectivity index (χ0) is 34.9. The molecule has 1 aliphatic rings. The van der Waals surface area contributed by atoms with E-state index in [1.165, 1.54) is 18.2 Å². The molecule has 6 rings (SSSR count). The molecular formula is C38H40N3O7S+. The molecule has 0 bridgehead atoms. The fourth-order valence-corrected chi connectivity index (χ4v) is 7.33. The van der Waals surface area contributed by atoms with E-state index in [-0.39, 0.29) is 23.1 Å². The molecule has 5 aromatic rings. The molecule has 0 fully saturated rings. The first kappa shape index (κ1) is 33.8. The second kappa shape index (κ2) is 13.4. The normalized spacial score (nSPS) is 15.1. The number of aromatic hydroxyl groups is 2. The molecular weight excluding hydrogens is 642 g/mol. The Balaban J connectivity index is 1.25. The van der Waals surface area contributed by atoms with Crippen molar-refractivity contribution in [3.63, 3.8) is 0 Å². The minimum absolute atomic E-state index is 0.111. The number of allylic oxidation sites excluding steroid dienone is 3. The maximum Gasteiger partial charge on any atom is 0.333 e. The van der Waals surface area contributed by atoms with Gasteiger partial charge in [0.1, 0.15) is 6.54 Å². The summed E-state index contributed by atoms with van der Waals surface area (Å²) < 4.78 is 36.5. The lowest BCUT2D eigenvalue weighted by Gasteiger charge is -2.25. The minimum atomic E-state index is -4.33. The van der Waals surface area contributed by atoms with Crippen molar-refractivity contribution in [1.29, 1.82) is 0 Å². The average Bonchev–Trinajstić information content (AvgIpc) is 3.50. The Kier molecular flexibility index (Phi) is 9.24. The topological polar surface area (TPSA) is 133 Å². The molecule has 10 nitrogen and oxygen atoms in total. The van der Waals surface area contributed by atoms with Crippen LogP contribution in [0.5, 0.6) is 11.8 Å². The Bertz CT molecular complexity index is 2160. The highest BCUT2D eigenvalue weighted by Crippen LogP contribution is 2.48. The Morgan fingerprint density at radius 1 is 0.898 bits per heavy atom. The van der Waals surface area contributed by atoms with Crippen LogP contribution < -0.4 is 14.3 Å². The molecule has 0 spiro atoms. The van der Waals surface area contributed by atoms with Gasteiger partial charge >= 0.3 is 5.97 Å². The van der Waals surface area contributed by atoms with Crippen LogP contribution in [0.2, 0.25) is 0 Å². The van der Waals surface area contributed by atoms with Gasteiger partial charge in [0.2, 0.25) is 22.8 Å². The van der Waals surface area contributed by atoms with E-state index in [4.69, 9.17) is 4.84 Å².